The first-order chi connectivity index (χ1) is 9.10. The maximum absolute atomic E-state index is 6.03. The topological polar surface area (TPSA) is 35.2 Å². The van der Waals surface area contributed by atoms with Gasteiger partial charge in [0.15, 0.2) is 0 Å². The van der Waals surface area contributed by atoms with E-state index in [1.165, 1.54) is 0 Å². The van der Waals surface area contributed by atoms with Gasteiger partial charge in [-0.1, -0.05) is 59.1 Å². The van der Waals surface area contributed by atoms with E-state index in [4.69, 9.17) is 45.3 Å². The summed E-state index contributed by atoms with van der Waals surface area (Å²) in [6.07, 6.45) is 0. The number of halogens is 3. The summed E-state index contributed by atoms with van der Waals surface area (Å²) in [5.74, 6) is 0.513. The first-order valence-electron chi connectivity index (χ1n) is 5.65. The number of ether oxygens (including phenoxy) is 1. The van der Waals surface area contributed by atoms with Gasteiger partial charge in [-0.3, -0.25) is 0 Å². The van der Waals surface area contributed by atoms with E-state index in [9.17, 15) is 0 Å². The van der Waals surface area contributed by atoms with Crippen LogP contribution >= 0.6 is 34.8 Å². The molecule has 0 heterocycles. The van der Waals surface area contributed by atoms with Crippen molar-refractivity contribution in [2.45, 2.75) is 13.2 Å². The summed E-state index contributed by atoms with van der Waals surface area (Å²) < 4.78 is 5.63. The van der Waals surface area contributed by atoms with E-state index in [0.29, 0.717) is 34.0 Å². The largest absolute Gasteiger partial charge is 0.487 e. The Bertz CT molecular complexity index is 570. The van der Waals surface area contributed by atoms with Crippen molar-refractivity contribution in [3.8, 4) is 5.75 Å². The van der Waals surface area contributed by atoms with Gasteiger partial charge >= 0.3 is 0 Å². The third-order valence-corrected chi connectivity index (χ3v) is 3.65. The molecule has 2 rings (SSSR count). The Labute approximate surface area is 127 Å². The monoisotopic (exact) mass is 315 g/mol. The number of benzene rings is 2. The molecule has 2 aromatic carbocycles. The smallest absolute Gasteiger partial charge is 0.139 e. The zero-order valence-corrected chi connectivity index (χ0v) is 12.3. The van der Waals surface area contributed by atoms with Crippen LogP contribution in [-0.2, 0) is 13.2 Å². The summed E-state index contributed by atoms with van der Waals surface area (Å²) in [7, 11) is 0. The van der Waals surface area contributed by atoms with Gasteiger partial charge in [0.05, 0.1) is 15.1 Å². The van der Waals surface area contributed by atoms with Crippen LogP contribution < -0.4 is 10.5 Å². The molecule has 0 radical (unpaired) electrons. The van der Waals surface area contributed by atoms with Crippen molar-refractivity contribution >= 4 is 34.8 Å². The SMILES string of the molecule is NCc1ccc(COc2cc(Cl)c(Cl)cc2Cl)cc1. The van der Waals surface area contributed by atoms with E-state index in [2.05, 4.69) is 0 Å². The third-order valence-electron chi connectivity index (χ3n) is 2.63. The molecule has 0 amide bonds. The molecule has 100 valence electrons. The van der Waals surface area contributed by atoms with Gasteiger partial charge in [0, 0.05) is 12.6 Å². The van der Waals surface area contributed by atoms with Crippen LogP contribution in [0.15, 0.2) is 36.4 Å². The zero-order valence-electron chi connectivity index (χ0n) is 10.00. The maximum atomic E-state index is 6.03. The Morgan fingerprint density at radius 1 is 0.842 bits per heavy atom. The molecule has 0 saturated carbocycles. The second-order valence-electron chi connectivity index (χ2n) is 4.01. The zero-order chi connectivity index (χ0) is 13.8. The Kier molecular flexibility index (Phi) is 4.94. The molecule has 2 N–H and O–H groups in total. The van der Waals surface area contributed by atoms with Crippen molar-refractivity contribution in [1.82, 2.24) is 0 Å². The van der Waals surface area contributed by atoms with Crippen LogP contribution in [0.5, 0.6) is 5.75 Å². The van der Waals surface area contributed by atoms with Gasteiger partial charge in [-0.05, 0) is 17.2 Å². The summed E-state index contributed by atoms with van der Waals surface area (Å²) in [6.45, 7) is 0.933. The number of nitrogens with two attached hydrogens (primary N) is 1. The van der Waals surface area contributed by atoms with Crippen molar-refractivity contribution in [3.63, 3.8) is 0 Å². The van der Waals surface area contributed by atoms with E-state index >= 15 is 0 Å². The maximum Gasteiger partial charge on any atom is 0.139 e. The summed E-state index contributed by atoms with van der Waals surface area (Å²) in [5.41, 5.74) is 7.65. The molecular formula is C14H12Cl3NO. The normalized spacial score (nSPS) is 10.5. The van der Waals surface area contributed by atoms with E-state index in [0.717, 1.165) is 11.1 Å². The lowest BCUT2D eigenvalue weighted by atomic mass is 10.1. The van der Waals surface area contributed by atoms with Gasteiger partial charge < -0.3 is 10.5 Å². The molecule has 0 unspecified atom stereocenters. The Balaban J connectivity index is 2.07. The van der Waals surface area contributed by atoms with Gasteiger partial charge in [-0.2, -0.15) is 0 Å². The van der Waals surface area contributed by atoms with Crippen LogP contribution in [0.25, 0.3) is 0 Å². The van der Waals surface area contributed by atoms with Crippen molar-refractivity contribution in [2.75, 3.05) is 0 Å². The highest BCUT2D eigenvalue weighted by Gasteiger charge is 2.07. The lowest BCUT2D eigenvalue weighted by Crippen LogP contribution is -1.99. The highest BCUT2D eigenvalue weighted by Crippen LogP contribution is 2.34. The van der Waals surface area contributed by atoms with Gasteiger partial charge in [0.2, 0.25) is 0 Å². The molecule has 0 bridgehead atoms. The highest BCUT2D eigenvalue weighted by molar-refractivity contribution is 6.43. The Morgan fingerprint density at radius 2 is 1.42 bits per heavy atom. The average molecular weight is 317 g/mol. The van der Waals surface area contributed by atoms with E-state index in [-0.39, 0.29) is 0 Å². The van der Waals surface area contributed by atoms with Crippen LogP contribution in [0.2, 0.25) is 15.1 Å². The number of hydrogen-bond donors (Lipinski definition) is 1. The minimum absolute atomic E-state index is 0.405. The van der Waals surface area contributed by atoms with Crippen molar-refractivity contribution in [2.24, 2.45) is 5.73 Å². The molecule has 0 aliphatic rings. The van der Waals surface area contributed by atoms with Crippen molar-refractivity contribution < 1.29 is 4.74 Å². The van der Waals surface area contributed by atoms with Crippen molar-refractivity contribution in [1.29, 1.82) is 0 Å². The lowest BCUT2D eigenvalue weighted by Gasteiger charge is -2.09. The second kappa shape index (κ2) is 6.49. The molecule has 0 aliphatic carbocycles. The van der Waals surface area contributed by atoms with Gasteiger partial charge in [-0.25, -0.2) is 0 Å². The van der Waals surface area contributed by atoms with Crippen LogP contribution in [0.3, 0.4) is 0 Å². The predicted molar refractivity (Wildman–Crippen MR) is 80.1 cm³/mol. The molecule has 19 heavy (non-hydrogen) atoms. The molecule has 2 nitrogen and oxygen atoms in total. The molecule has 0 aromatic heterocycles. The molecule has 2 aromatic rings. The molecular weight excluding hydrogens is 305 g/mol. The average Bonchev–Trinajstić information content (AvgIpc) is 2.42. The summed E-state index contributed by atoms with van der Waals surface area (Å²) in [4.78, 5) is 0. The van der Waals surface area contributed by atoms with Crippen LogP contribution in [0.4, 0.5) is 0 Å². The molecule has 0 fully saturated rings. The fraction of sp³-hybridized carbons (Fsp3) is 0.143. The first kappa shape index (κ1) is 14.5. The number of rotatable bonds is 4. The van der Waals surface area contributed by atoms with E-state index < -0.39 is 0 Å². The molecule has 0 saturated heterocycles. The van der Waals surface area contributed by atoms with Gasteiger partial charge in [0.25, 0.3) is 0 Å². The van der Waals surface area contributed by atoms with Crippen molar-refractivity contribution in [3.05, 3.63) is 62.6 Å². The van der Waals surface area contributed by atoms with E-state index in [1.54, 1.807) is 12.1 Å². The molecule has 0 atom stereocenters. The van der Waals surface area contributed by atoms with Gasteiger partial charge in [0.1, 0.15) is 12.4 Å². The van der Waals surface area contributed by atoms with Gasteiger partial charge in [-0.15, -0.1) is 0 Å². The summed E-state index contributed by atoms with van der Waals surface area (Å²) in [6, 6.07) is 11.0. The summed E-state index contributed by atoms with van der Waals surface area (Å²) >= 11 is 17.8. The third kappa shape index (κ3) is 3.77. The van der Waals surface area contributed by atoms with Crippen LogP contribution in [-0.4, -0.2) is 0 Å². The predicted octanol–water partition coefficient (Wildman–Crippen LogP) is 4.68. The fourth-order valence-electron chi connectivity index (χ4n) is 1.55. The van der Waals surface area contributed by atoms with E-state index in [1.807, 2.05) is 24.3 Å². The molecule has 5 heteroatoms. The molecule has 0 aliphatic heterocycles. The van der Waals surface area contributed by atoms with Crippen LogP contribution in [0.1, 0.15) is 11.1 Å². The number of hydrogen-bond acceptors (Lipinski definition) is 2. The fourth-order valence-corrected chi connectivity index (χ4v) is 2.14. The Hall–Kier alpha value is -0.930. The van der Waals surface area contributed by atoms with Crippen LogP contribution in [0, 0.1) is 0 Å². The standard InChI is InChI=1S/C14H12Cl3NO/c15-11-5-13(17)14(6-12(11)16)19-8-10-3-1-9(7-18)2-4-10/h1-6H,7-8,18H2. The minimum Gasteiger partial charge on any atom is -0.487 e. The summed E-state index contributed by atoms with van der Waals surface area (Å²) in [5, 5.41) is 1.26. The molecule has 0 spiro atoms. The highest BCUT2D eigenvalue weighted by atomic mass is 35.5. The minimum atomic E-state index is 0.405. The lowest BCUT2D eigenvalue weighted by molar-refractivity contribution is 0.306. The first-order valence-corrected chi connectivity index (χ1v) is 6.79. The Morgan fingerprint density at radius 3 is 2.05 bits per heavy atom. The quantitative estimate of drug-likeness (QED) is 0.831. The second-order valence-corrected chi connectivity index (χ2v) is 5.23.